The summed E-state index contributed by atoms with van der Waals surface area (Å²) in [6.07, 6.45) is 1.37. The average molecular weight is 274 g/mol. The van der Waals surface area contributed by atoms with Crippen molar-refractivity contribution in [3.8, 4) is 0 Å². The van der Waals surface area contributed by atoms with Crippen LogP contribution in [0.3, 0.4) is 0 Å². The summed E-state index contributed by atoms with van der Waals surface area (Å²) >= 11 is 0. The number of H-pyrrole nitrogens is 2. The van der Waals surface area contributed by atoms with Crippen molar-refractivity contribution in [2.75, 3.05) is 26.2 Å². The Hall–Kier alpha value is -2.08. The molecule has 3 rings (SSSR count). The Morgan fingerprint density at radius 1 is 1.15 bits per heavy atom. The van der Waals surface area contributed by atoms with E-state index in [1.165, 1.54) is 0 Å². The number of hydrogen-bond donors (Lipinski definition) is 3. The van der Waals surface area contributed by atoms with E-state index in [0.717, 1.165) is 49.2 Å². The van der Waals surface area contributed by atoms with Crippen LogP contribution in [0.25, 0.3) is 11.0 Å². The summed E-state index contributed by atoms with van der Waals surface area (Å²) in [5, 5.41) is 3.29. The van der Waals surface area contributed by atoms with E-state index in [-0.39, 0.29) is 11.6 Å². The molecule has 2 aromatic rings. The van der Waals surface area contributed by atoms with Gasteiger partial charge in [0.15, 0.2) is 0 Å². The summed E-state index contributed by atoms with van der Waals surface area (Å²) in [6.45, 7) is 3.41. The maximum absolute atomic E-state index is 12.3. The highest BCUT2D eigenvalue weighted by Crippen LogP contribution is 2.12. The number of nitrogens with zero attached hydrogens (tertiary/aromatic N) is 1. The highest BCUT2D eigenvalue weighted by atomic mass is 16.2. The first-order valence-corrected chi connectivity index (χ1v) is 6.92. The van der Waals surface area contributed by atoms with E-state index in [0.29, 0.717) is 6.42 Å². The number of rotatable bonds is 2. The Morgan fingerprint density at radius 2 is 2.00 bits per heavy atom. The van der Waals surface area contributed by atoms with Crippen molar-refractivity contribution in [1.82, 2.24) is 20.2 Å². The second-order valence-corrected chi connectivity index (χ2v) is 5.12. The number of fused-ring (bicyclic) bond motifs is 1. The third-order valence-corrected chi connectivity index (χ3v) is 3.63. The van der Waals surface area contributed by atoms with Crippen LogP contribution < -0.4 is 11.0 Å². The first-order chi connectivity index (χ1) is 9.72. The van der Waals surface area contributed by atoms with Gasteiger partial charge in [-0.2, -0.15) is 0 Å². The van der Waals surface area contributed by atoms with Gasteiger partial charge in [-0.3, -0.25) is 4.79 Å². The lowest BCUT2D eigenvalue weighted by Crippen LogP contribution is -2.35. The first-order valence-electron chi connectivity index (χ1n) is 6.92. The number of carbonyl (C=O) groups excluding carboxylic acids is 1. The van der Waals surface area contributed by atoms with Crippen LogP contribution >= 0.6 is 0 Å². The molecule has 3 N–H and O–H groups in total. The van der Waals surface area contributed by atoms with E-state index < -0.39 is 0 Å². The monoisotopic (exact) mass is 274 g/mol. The minimum absolute atomic E-state index is 0.144. The molecule has 1 aliphatic heterocycles. The standard InChI is InChI=1S/C14H18N4O2/c19-13(18-6-1-4-15-5-7-18)9-10-2-3-11-12(8-10)17-14(20)16-11/h2-3,8,15H,1,4-7,9H2,(H2,16,17,20). The van der Waals surface area contributed by atoms with Gasteiger partial charge in [0.25, 0.3) is 0 Å². The third kappa shape index (κ3) is 2.75. The number of imidazole rings is 1. The molecule has 1 amide bonds. The molecule has 0 spiro atoms. The Morgan fingerprint density at radius 3 is 2.90 bits per heavy atom. The zero-order valence-electron chi connectivity index (χ0n) is 11.2. The van der Waals surface area contributed by atoms with Crippen molar-refractivity contribution >= 4 is 16.9 Å². The van der Waals surface area contributed by atoms with E-state index in [1.54, 1.807) is 0 Å². The molecule has 1 aliphatic rings. The van der Waals surface area contributed by atoms with Crippen molar-refractivity contribution in [2.45, 2.75) is 12.8 Å². The van der Waals surface area contributed by atoms with Crippen molar-refractivity contribution in [1.29, 1.82) is 0 Å². The highest BCUT2D eigenvalue weighted by molar-refractivity contribution is 5.81. The average Bonchev–Trinajstić information content (AvgIpc) is 2.64. The Labute approximate surface area is 116 Å². The van der Waals surface area contributed by atoms with E-state index in [1.807, 2.05) is 23.1 Å². The van der Waals surface area contributed by atoms with Crippen molar-refractivity contribution in [3.05, 3.63) is 34.2 Å². The van der Waals surface area contributed by atoms with E-state index >= 15 is 0 Å². The number of amides is 1. The SMILES string of the molecule is O=C(Cc1ccc2[nH]c(=O)[nH]c2c1)N1CCCNCC1. The van der Waals surface area contributed by atoms with Gasteiger partial charge >= 0.3 is 5.69 Å². The fraction of sp³-hybridized carbons (Fsp3) is 0.429. The summed E-state index contributed by atoms with van der Waals surface area (Å²) in [6, 6.07) is 5.58. The number of hydrogen-bond acceptors (Lipinski definition) is 3. The lowest BCUT2D eigenvalue weighted by atomic mass is 10.1. The van der Waals surface area contributed by atoms with Crippen LogP contribution in [-0.4, -0.2) is 47.0 Å². The molecule has 6 heteroatoms. The smallest absolute Gasteiger partial charge is 0.323 e. The third-order valence-electron chi connectivity index (χ3n) is 3.63. The molecule has 20 heavy (non-hydrogen) atoms. The molecule has 106 valence electrons. The van der Waals surface area contributed by atoms with Gasteiger partial charge in [0.1, 0.15) is 0 Å². The van der Waals surface area contributed by atoms with Crippen LogP contribution in [0.15, 0.2) is 23.0 Å². The molecule has 0 bridgehead atoms. The Balaban J connectivity index is 1.74. The lowest BCUT2D eigenvalue weighted by molar-refractivity contribution is -0.130. The molecule has 0 atom stereocenters. The van der Waals surface area contributed by atoms with Gasteiger partial charge in [-0.25, -0.2) is 4.79 Å². The molecule has 2 heterocycles. The normalized spacial score (nSPS) is 16.3. The molecule has 1 aromatic carbocycles. The quantitative estimate of drug-likeness (QED) is 0.733. The summed E-state index contributed by atoms with van der Waals surface area (Å²) in [5.74, 6) is 0.144. The molecule has 6 nitrogen and oxygen atoms in total. The summed E-state index contributed by atoms with van der Waals surface area (Å²) in [5.41, 5.74) is 2.22. The minimum Gasteiger partial charge on any atom is -0.341 e. The van der Waals surface area contributed by atoms with Gasteiger partial charge in [0, 0.05) is 19.6 Å². The van der Waals surface area contributed by atoms with Crippen molar-refractivity contribution < 1.29 is 4.79 Å². The second-order valence-electron chi connectivity index (χ2n) is 5.12. The predicted octanol–water partition coefficient (Wildman–Crippen LogP) is 0.221. The molecule has 0 aliphatic carbocycles. The molecule has 0 saturated carbocycles. The number of benzene rings is 1. The summed E-state index contributed by atoms with van der Waals surface area (Å²) in [4.78, 5) is 30.8. The number of nitrogens with one attached hydrogen (secondary N) is 3. The van der Waals surface area contributed by atoms with Crippen LogP contribution in [0.2, 0.25) is 0 Å². The molecular formula is C14H18N4O2. The van der Waals surface area contributed by atoms with Crippen LogP contribution in [0.4, 0.5) is 0 Å². The van der Waals surface area contributed by atoms with Crippen LogP contribution in [0.1, 0.15) is 12.0 Å². The lowest BCUT2D eigenvalue weighted by Gasteiger charge is -2.19. The van der Waals surface area contributed by atoms with Crippen molar-refractivity contribution in [3.63, 3.8) is 0 Å². The zero-order chi connectivity index (χ0) is 13.9. The Bertz CT molecular complexity index is 665. The first kappa shape index (κ1) is 12.9. The highest BCUT2D eigenvalue weighted by Gasteiger charge is 2.15. The van der Waals surface area contributed by atoms with Crippen LogP contribution in [0.5, 0.6) is 0 Å². The molecule has 1 aromatic heterocycles. The molecule has 1 saturated heterocycles. The van der Waals surface area contributed by atoms with Crippen LogP contribution in [0, 0.1) is 0 Å². The molecular weight excluding hydrogens is 256 g/mol. The van der Waals surface area contributed by atoms with Gasteiger partial charge in [0.05, 0.1) is 17.5 Å². The fourth-order valence-corrected chi connectivity index (χ4v) is 2.57. The fourth-order valence-electron chi connectivity index (χ4n) is 2.57. The molecule has 0 radical (unpaired) electrons. The minimum atomic E-state index is -0.220. The second kappa shape index (κ2) is 5.50. The van der Waals surface area contributed by atoms with E-state index in [9.17, 15) is 9.59 Å². The predicted molar refractivity (Wildman–Crippen MR) is 76.7 cm³/mol. The van der Waals surface area contributed by atoms with Gasteiger partial charge in [-0.05, 0) is 30.7 Å². The van der Waals surface area contributed by atoms with Gasteiger partial charge in [-0.15, -0.1) is 0 Å². The Kier molecular flexibility index (Phi) is 3.56. The van der Waals surface area contributed by atoms with Gasteiger partial charge in [0.2, 0.25) is 5.91 Å². The molecule has 0 unspecified atom stereocenters. The zero-order valence-corrected chi connectivity index (χ0v) is 11.2. The van der Waals surface area contributed by atoms with Crippen LogP contribution in [-0.2, 0) is 11.2 Å². The largest absolute Gasteiger partial charge is 0.341 e. The topological polar surface area (TPSA) is 81.0 Å². The summed E-state index contributed by atoms with van der Waals surface area (Å²) < 4.78 is 0. The number of carbonyl (C=O) groups is 1. The van der Waals surface area contributed by atoms with Gasteiger partial charge < -0.3 is 20.2 Å². The maximum Gasteiger partial charge on any atom is 0.323 e. The maximum atomic E-state index is 12.3. The van der Waals surface area contributed by atoms with E-state index in [2.05, 4.69) is 15.3 Å². The molecule has 1 fully saturated rings. The van der Waals surface area contributed by atoms with E-state index in [4.69, 9.17) is 0 Å². The number of aromatic amines is 2. The number of aromatic nitrogens is 2. The summed E-state index contributed by atoms with van der Waals surface area (Å²) in [7, 11) is 0. The van der Waals surface area contributed by atoms with Crippen molar-refractivity contribution in [2.24, 2.45) is 0 Å². The van der Waals surface area contributed by atoms with Gasteiger partial charge in [-0.1, -0.05) is 6.07 Å².